The lowest BCUT2D eigenvalue weighted by atomic mass is 10.00. The Kier molecular flexibility index (Phi) is 9.44. The van der Waals surface area contributed by atoms with Gasteiger partial charge in [0.25, 0.3) is 5.91 Å². The first-order chi connectivity index (χ1) is 17.6. The van der Waals surface area contributed by atoms with Crippen LogP contribution in [0.5, 0.6) is 5.88 Å². The van der Waals surface area contributed by atoms with E-state index in [1.807, 2.05) is 25.9 Å². The molecule has 0 bridgehead atoms. The van der Waals surface area contributed by atoms with Crippen molar-refractivity contribution in [2.45, 2.75) is 26.0 Å². The number of hydrogen-bond donors (Lipinski definition) is 2. The molecule has 0 saturated carbocycles. The Morgan fingerprint density at radius 2 is 2.08 bits per heavy atom. The molecule has 1 aliphatic heterocycles. The Balaban J connectivity index is 1.88. The van der Waals surface area contributed by atoms with Crippen LogP contribution in [0.2, 0.25) is 0 Å². The number of nitrogens with zero attached hydrogens (tertiary/aromatic N) is 4. The van der Waals surface area contributed by atoms with Gasteiger partial charge < -0.3 is 25.0 Å². The van der Waals surface area contributed by atoms with E-state index in [9.17, 15) is 19.1 Å². The fourth-order valence-corrected chi connectivity index (χ4v) is 3.81. The number of urea groups is 1. The number of benzene rings is 1. The number of anilines is 1. The molecule has 10 heteroatoms. The van der Waals surface area contributed by atoms with Crippen molar-refractivity contribution in [3.05, 3.63) is 53.5 Å². The van der Waals surface area contributed by atoms with Crippen LogP contribution in [0.25, 0.3) is 0 Å². The number of likely N-dealkylation sites (N-methyl/N-ethyl adjacent to an activating group) is 1. The molecule has 0 fully saturated rings. The van der Waals surface area contributed by atoms with Gasteiger partial charge in [-0.1, -0.05) is 30.9 Å². The molecule has 0 aliphatic carbocycles. The van der Waals surface area contributed by atoms with Gasteiger partial charge in [0, 0.05) is 31.3 Å². The zero-order valence-electron chi connectivity index (χ0n) is 21.9. The van der Waals surface area contributed by atoms with Gasteiger partial charge in [-0.3, -0.25) is 9.69 Å². The maximum absolute atomic E-state index is 14.0. The number of carbonyl (C=O) groups excluding carboxylic acids is 2. The zero-order chi connectivity index (χ0) is 27.1. The Labute approximate surface area is 217 Å². The van der Waals surface area contributed by atoms with Crippen molar-refractivity contribution in [2.24, 2.45) is 5.92 Å². The molecular formula is C27H34FN5O4. The normalized spacial score (nSPS) is 18.1. The van der Waals surface area contributed by atoms with Gasteiger partial charge in [-0.05, 0) is 39.2 Å². The second kappa shape index (κ2) is 12.5. The van der Waals surface area contributed by atoms with E-state index in [1.165, 1.54) is 17.0 Å². The highest BCUT2D eigenvalue weighted by Crippen LogP contribution is 2.27. The van der Waals surface area contributed by atoms with Crippen LogP contribution in [0.1, 0.15) is 29.8 Å². The number of carbonyl (C=O) groups is 2. The summed E-state index contributed by atoms with van der Waals surface area (Å²) in [6, 6.07) is 6.63. The molecular weight excluding hydrogens is 477 g/mol. The minimum Gasteiger partial charge on any atom is -0.472 e. The number of pyridine rings is 1. The number of amides is 3. The number of aromatic nitrogens is 1. The largest absolute Gasteiger partial charge is 0.472 e. The highest BCUT2D eigenvalue weighted by atomic mass is 19.1. The van der Waals surface area contributed by atoms with Gasteiger partial charge in [0.2, 0.25) is 5.88 Å². The third-order valence-corrected chi connectivity index (χ3v) is 6.07. The molecule has 1 aliphatic rings. The number of halogens is 1. The summed E-state index contributed by atoms with van der Waals surface area (Å²) in [4.78, 5) is 35.6. The van der Waals surface area contributed by atoms with Gasteiger partial charge in [0.1, 0.15) is 17.5 Å². The number of aliphatic hydroxyl groups is 1. The molecule has 0 unspecified atom stereocenters. The van der Waals surface area contributed by atoms with Gasteiger partial charge >= 0.3 is 6.03 Å². The lowest BCUT2D eigenvalue weighted by molar-refractivity contribution is 0.0356. The van der Waals surface area contributed by atoms with E-state index < -0.39 is 24.0 Å². The van der Waals surface area contributed by atoms with E-state index in [0.29, 0.717) is 18.7 Å². The van der Waals surface area contributed by atoms with Crippen molar-refractivity contribution in [1.29, 1.82) is 0 Å². The van der Waals surface area contributed by atoms with Crippen molar-refractivity contribution in [3.63, 3.8) is 0 Å². The van der Waals surface area contributed by atoms with E-state index in [-0.39, 0.29) is 42.1 Å². The van der Waals surface area contributed by atoms with Gasteiger partial charge in [-0.2, -0.15) is 0 Å². The Bertz CT molecular complexity index is 1180. The lowest BCUT2D eigenvalue weighted by Crippen LogP contribution is -2.50. The molecule has 37 heavy (non-hydrogen) atoms. The van der Waals surface area contributed by atoms with Gasteiger partial charge in [-0.15, -0.1) is 0 Å². The monoisotopic (exact) mass is 511 g/mol. The van der Waals surface area contributed by atoms with E-state index in [0.717, 1.165) is 0 Å². The fraction of sp³-hybridized carbons (Fsp3) is 0.444. The second-order valence-electron chi connectivity index (χ2n) is 9.53. The quantitative estimate of drug-likeness (QED) is 0.579. The Hall–Kier alpha value is -3.68. The molecule has 3 rings (SSSR count). The first-order valence-corrected chi connectivity index (χ1v) is 12.1. The van der Waals surface area contributed by atoms with Crippen LogP contribution in [0.15, 0.2) is 36.5 Å². The van der Waals surface area contributed by atoms with Crippen LogP contribution >= 0.6 is 0 Å². The Morgan fingerprint density at radius 1 is 1.35 bits per heavy atom. The summed E-state index contributed by atoms with van der Waals surface area (Å²) in [6.07, 6.45) is 1.02. The Morgan fingerprint density at radius 3 is 2.76 bits per heavy atom. The van der Waals surface area contributed by atoms with Crippen LogP contribution in [-0.4, -0.2) is 96.3 Å². The average molecular weight is 512 g/mol. The number of ether oxygens (including phenoxy) is 1. The predicted molar refractivity (Wildman–Crippen MR) is 139 cm³/mol. The molecule has 198 valence electrons. The summed E-state index contributed by atoms with van der Waals surface area (Å²) in [6.45, 7) is 4.47. The number of para-hydroxylation sites is 1. The van der Waals surface area contributed by atoms with Crippen molar-refractivity contribution in [2.75, 3.05) is 52.7 Å². The van der Waals surface area contributed by atoms with E-state index in [2.05, 4.69) is 22.1 Å². The molecule has 0 saturated heterocycles. The maximum Gasteiger partial charge on any atom is 0.321 e. The third kappa shape index (κ3) is 7.18. The summed E-state index contributed by atoms with van der Waals surface area (Å²) >= 11 is 0. The molecule has 1 aromatic carbocycles. The predicted octanol–water partition coefficient (Wildman–Crippen LogP) is 2.52. The van der Waals surface area contributed by atoms with E-state index in [4.69, 9.17) is 4.74 Å². The first-order valence-electron chi connectivity index (χ1n) is 12.1. The molecule has 9 nitrogen and oxygen atoms in total. The van der Waals surface area contributed by atoms with Crippen LogP contribution < -0.4 is 10.1 Å². The summed E-state index contributed by atoms with van der Waals surface area (Å²) < 4.78 is 20.2. The second-order valence-corrected chi connectivity index (χ2v) is 9.53. The van der Waals surface area contributed by atoms with Crippen LogP contribution in [0.3, 0.4) is 0 Å². The molecule has 0 radical (unpaired) electrons. The smallest absolute Gasteiger partial charge is 0.321 e. The zero-order valence-corrected chi connectivity index (χ0v) is 21.9. The summed E-state index contributed by atoms with van der Waals surface area (Å²) in [5, 5.41) is 12.4. The molecule has 3 atom stereocenters. The molecule has 0 spiro atoms. The maximum atomic E-state index is 14.0. The van der Waals surface area contributed by atoms with Gasteiger partial charge in [0.05, 0.1) is 31.4 Å². The van der Waals surface area contributed by atoms with Crippen molar-refractivity contribution in [3.8, 4) is 17.7 Å². The van der Waals surface area contributed by atoms with E-state index in [1.54, 1.807) is 43.3 Å². The lowest BCUT2D eigenvalue weighted by Gasteiger charge is -2.37. The number of hydrogen-bond acceptors (Lipinski definition) is 6. The molecule has 3 amide bonds. The van der Waals surface area contributed by atoms with Crippen molar-refractivity contribution in [1.82, 2.24) is 19.7 Å². The summed E-state index contributed by atoms with van der Waals surface area (Å²) in [7, 11) is 5.41. The number of nitrogens with one attached hydrogen (secondary N) is 1. The first kappa shape index (κ1) is 27.9. The highest BCUT2D eigenvalue weighted by Gasteiger charge is 2.34. The fourth-order valence-electron chi connectivity index (χ4n) is 3.81. The summed E-state index contributed by atoms with van der Waals surface area (Å²) in [5.74, 6) is 5.12. The van der Waals surface area contributed by atoms with Crippen LogP contribution in [-0.2, 0) is 0 Å². The summed E-state index contributed by atoms with van der Waals surface area (Å²) in [5.41, 5.74) is 0.891. The number of aliphatic hydroxyl groups excluding tert-OH is 1. The topological polar surface area (TPSA) is 98.2 Å². The minimum absolute atomic E-state index is 0.0782. The minimum atomic E-state index is -0.533. The molecule has 1 aromatic heterocycles. The van der Waals surface area contributed by atoms with Crippen LogP contribution in [0, 0.1) is 23.6 Å². The SMILES string of the molecule is C[C@H](CO)N1C[C@H](C)[C@H](CN(C)C(=O)Nc2ccccc2F)Oc2ncc(C#CCN(C)C)cc2C1=O. The molecule has 2 aromatic rings. The highest BCUT2D eigenvalue weighted by molar-refractivity contribution is 5.97. The molecule has 2 N–H and O–H groups in total. The standard InChI is InChI=1S/C27H34FN5O4/c1-18-15-33(19(2)17-34)26(35)21-13-20(9-8-12-31(3)4)14-29-25(21)37-24(18)16-32(5)27(36)30-23-11-7-6-10-22(23)28/h6-7,10-11,13-14,18-19,24,34H,12,15-17H2,1-5H3,(H,30,36)/t18-,19+,24-/m0/s1. The van der Waals surface area contributed by atoms with Gasteiger partial charge in [-0.25, -0.2) is 14.2 Å². The number of fused-ring (bicyclic) bond motifs is 1. The number of rotatable bonds is 6. The van der Waals surface area contributed by atoms with Crippen LogP contribution in [0.4, 0.5) is 14.9 Å². The van der Waals surface area contributed by atoms with Crippen molar-refractivity contribution >= 4 is 17.6 Å². The van der Waals surface area contributed by atoms with E-state index >= 15 is 0 Å². The third-order valence-electron chi connectivity index (χ3n) is 6.07. The van der Waals surface area contributed by atoms with Crippen molar-refractivity contribution < 1.29 is 23.8 Å². The van der Waals surface area contributed by atoms with Gasteiger partial charge in [0.15, 0.2) is 0 Å². The molecule has 2 heterocycles. The average Bonchev–Trinajstić information content (AvgIpc) is 2.87.